The van der Waals surface area contributed by atoms with Crippen LogP contribution in [0, 0.1) is 5.92 Å². The van der Waals surface area contributed by atoms with Crippen LogP contribution in [0.1, 0.15) is 51.1 Å². The zero-order valence-electron chi connectivity index (χ0n) is 12.5. The van der Waals surface area contributed by atoms with E-state index in [-0.39, 0.29) is 6.10 Å². The van der Waals surface area contributed by atoms with Gasteiger partial charge in [-0.05, 0) is 38.6 Å². The van der Waals surface area contributed by atoms with Crippen LogP contribution >= 0.6 is 0 Å². The lowest BCUT2D eigenvalue weighted by Crippen LogP contribution is -2.38. The molecule has 3 rings (SSSR count). The predicted molar refractivity (Wildman–Crippen MR) is 79.3 cm³/mol. The second kappa shape index (κ2) is 6.27. The molecule has 1 aliphatic heterocycles. The third kappa shape index (κ3) is 2.77. The molecule has 4 heteroatoms. The minimum absolute atomic E-state index is 0.0684. The van der Waals surface area contributed by atoms with Gasteiger partial charge in [-0.1, -0.05) is 13.3 Å². The first kappa shape index (κ1) is 14.1. The summed E-state index contributed by atoms with van der Waals surface area (Å²) in [6, 6.07) is 0.581. The molecule has 20 heavy (non-hydrogen) atoms. The van der Waals surface area contributed by atoms with Gasteiger partial charge in [-0.25, -0.2) is 4.98 Å². The van der Waals surface area contributed by atoms with Crippen LogP contribution < -0.4 is 0 Å². The van der Waals surface area contributed by atoms with Crippen LogP contribution in [0.15, 0.2) is 12.5 Å². The molecule has 1 N–H and O–H groups in total. The molecule has 2 heterocycles. The molecule has 112 valence electrons. The first-order valence-electron chi connectivity index (χ1n) is 8.20. The summed E-state index contributed by atoms with van der Waals surface area (Å²) in [6.45, 7) is 5.43. The van der Waals surface area contributed by atoms with E-state index in [0.29, 0.717) is 12.0 Å². The van der Waals surface area contributed by atoms with Crippen LogP contribution in [-0.4, -0.2) is 38.2 Å². The highest BCUT2D eigenvalue weighted by Gasteiger charge is 2.38. The van der Waals surface area contributed by atoms with Crippen LogP contribution in [0.25, 0.3) is 0 Å². The summed E-state index contributed by atoms with van der Waals surface area (Å²) >= 11 is 0. The Labute approximate surface area is 121 Å². The fourth-order valence-corrected chi connectivity index (χ4v) is 4.08. The minimum atomic E-state index is -0.0684. The van der Waals surface area contributed by atoms with Crippen LogP contribution in [0.3, 0.4) is 0 Å². The number of aliphatic hydroxyl groups is 1. The second-order valence-electron chi connectivity index (χ2n) is 6.42. The fourth-order valence-electron chi connectivity index (χ4n) is 4.08. The van der Waals surface area contributed by atoms with E-state index in [4.69, 9.17) is 0 Å². The lowest BCUT2D eigenvalue weighted by atomic mass is 9.94. The Kier molecular flexibility index (Phi) is 4.41. The molecule has 2 aliphatic rings. The molecule has 1 saturated heterocycles. The fraction of sp³-hybridized carbons (Fsp3) is 0.812. The molecular weight excluding hydrogens is 250 g/mol. The Morgan fingerprint density at radius 2 is 2.20 bits per heavy atom. The van der Waals surface area contributed by atoms with Crippen molar-refractivity contribution in [2.75, 3.05) is 6.54 Å². The van der Waals surface area contributed by atoms with E-state index in [2.05, 4.69) is 21.4 Å². The third-order valence-corrected chi connectivity index (χ3v) is 5.07. The van der Waals surface area contributed by atoms with Crippen molar-refractivity contribution in [2.45, 2.75) is 70.7 Å². The number of hydrogen-bond acceptors (Lipinski definition) is 3. The molecule has 4 nitrogen and oxygen atoms in total. The summed E-state index contributed by atoms with van der Waals surface area (Å²) in [5.41, 5.74) is 1.33. The minimum Gasteiger partial charge on any atom is -0.393 e. The molecule has 1 aromatic rings. The van der Waals surface area contributed by atoms with Crippen molar-refractivity contribution >= 4 is 0 Å². The van der Waals surface area contributed by atoms with Crippen molar-refractivity contribution in [1.82, 2.24) is 14.5 Å². The van der Waals surface area contributed by atoms with E-state index < -0.39 is 0 Å². The Morgan fingerprint density at radius 3 is 2.95 bits per heavy atom. The van der Waals surface area contributed by atoms with Gasteiger partial charge in [0.1, 0.15) is 0 Å². The van der Waals surface area contributed by atoms with Gasteiger partial charge in [0.15, 0.2) is 0 Å². The predicted octanol–water partition coefficient (Wildman–Crippen LogP) is 2.42. The van der Waals surface area contributed by atoms with E-state index in [9.17, 15) is 5.11 Å². The Bertz CT molecular complexity index is 431. The maximum absolute atomic E-state index is 10.2. The molecule has 1 aromatic heterocycles. The van der Waals surface area contributed by atoms with Crippen molar-refractivity contribution < 1.29 is 5.11 Å². The summed E-state index contributed by atoms with van der Waals surface area (Å²) in [5.74, 6) is 0.500. The lowest BCUT2D eigenvalue weighted by Gasteiger charge is -2.31. The van der Waals surface area contributed by atoms with Crippen molar-refractivity contribution in [3.63, 3.8) is 0 Å². The van der Waals surface area contributed by atoms with E-state index >= 15 is 0 Å². The largest absolute Gasteiger partial charge is 0.393 e. The molecule has 0 amide bonds. The SMILES string of the molecule is CCCn1cncc1CN1CCCC1C1CCCC1O. The number of nitrogens with zero attached hydrogens (tertiary/aromatic N) is 3. The first-order valence-corrected chi connectivity index (χ1v) is 8.20. The highest BCUT2D eigenvalue weighted by molar-refractivity contribution is 5.01. The van der Waals surface area contributed by atoms with Crippen LogP contribution in [0.2, 0.25) is 0 Å². The molecule has 0 spiro atoms. The summed E-state index contributed by atoms with van der Waals surface area (Å²) in [7, 11) is 0. The average molecular weight is 277 g/mol. The first-order chi connectivity index (χ1) is 9.79. The van der Waals surface area contributed by atoms with Gasteiger partial charge in [-0.3, -0.25) is 4.90 Å². The molecule has 1 saturated carbocycles. The van der Waals surface area contributed by atoms with Gasteiger partial charge in [-0.2, -0.15) is 0 Å². The van der Waals surface area contributed by atoms with Gasteiger partial charge in [0.05, 0.1) is 18.1 Å². The number of aryl methyl sites for hydroxylation is 1. The van der Waals surface area contributed by atoms with Crippen molar-refractivity contribution in [1.29, 1.82) is 0 Å². The smallest absolute Gasteiger partial charge is 0.0948 e. The molecule has 3 atom stereocenters. The van der Waals surface area contributed by atoms with Crippen LogP contribution in [0.5, 0.6) is 0 Å². The number of rotatable bonds is 5. The summed E-state index contributed by atoms with van der Waals surface area (Å²) in [4.78, 5) is 6.89. The number of imidazole rings is 1. The standard InChI is InChI=1S/C16H27N3O/c1-2-8-19-12-17-10-13(19)11-18-9-4-6-15(18)14-5-3-7-16(14)20/h10,12,14-16,20H,2-9,11H2,1H3. The Morgan fingerprint density at radius 1 is 1.30 bits per heavy atom. The van der Waals surface area contributed by atoms with Gasteiger partial charge in [0.2, 0.25) is 0 Å². The van der Waals surface area contributed by atoms with E-state index in [1.807, 2.05) is 12.5 Å². The van der Waals surface area contributed by atoms with E-state index in [1.54, 1.807) is 0 Å². The Hall–Kier alpha value is -0.870. The number of aliphatic hydroxyl groups excluding tert-OH is 1. The van der Waals surface area contributed by atoms with Crippen molar-refractivity contribution in [2.24, 2.45) is 5.92 Å². The number of hydrogen-bond donors (Lipinski definition) is 1. The average Bonchev–Trinajstić information content (AvgIpc) is 3.13. The van der Waals surface area contributed by atoms with Gasteiger partial charge in [0.25, 0.3) is 0 Å². The number of likely N-dealkylation sites (tertiary alicyclic amines) is 1. The molecule has 3 unspecified atom stereocenters. The van der Waals surface area contributed by atoms with Crippen molar-refractivity contribution in [3.8, 4) is 0 Å². The molecule has 0 radical (unpaired) electrons. The molecular formula is C16H27N3O. The maximum Gasteiger partial charge on any atom is 0.0948 e. The highest BCUT2D eigenvalue weighted by atomic mass is 16.3. The van der Waals surface area contributed by atoms with Crippen LogP contribution in [0.4, 0.5) is 0 Å². The molecule has 1 aliphatic carbocycles. The zero-order chi connectivity index (χ0) is 13.9. The zero-order valence-corrected chi connectivity index (χ0v) is 12.5. The van der Waals surface area contributed by atoms with Crippen LogP contribution in [-0.2, 0) is 13.1 Å². The van der Waals surface area contributed by atoms with Gasteiger partial charge >= 0.3 is 0 Å². The normalized spacial score (nSPS) is 31.2. The summed E-state index contributed by atoms with van der Waals surface area (Å²) < 4.78 is 2.28. The molecule has 0 bridgehead atoms. The number of aromatic nitrogens is 2. The Balaban J connectivity index is 1.68. The third-order valence-electron chi connectivity index (χ3n) is 5.07. The monoisotopic (exact) mass is 277 g/mol. The quantitative estimate of drug-likeness (QED) is 0.898. The van der Waals surface area contributed by atoms with Crippen molar-refractivity contribution in [3.05, 3.63) is 18.2 Å². The molecule has 2 fully saturated rings. The molecule has 0 aromatic carbocycles. The van der Waals surface area contributed by atoms with Gasteiger partial charge in [0, 0.05) is 31.2 Å². The lowest BCUT2D eigenvalue weighted by molar-refractivity contribution is 0.0710. The second-order valence-corrected chi connectivity index (χ2v) is 6.42. The maximum atomic E-state index is 10.2. The van der Waals surface area contributed by atoms with Gasteiger partial charge < -0.3 is 9.67 Å². The summed E-state index contributed by atoms with van der Waals surface area (Å²) in [5, 5.41) is 10.2. The van der Waals surface area contributed by atoms with E-state index in [1.165, 1.54) is 37.9 Å². The van der Waals surface area contributed by atoms with E-state index in [0.717, 1.165) is 25.9 Å². The summed E-state index contributed by atoms with van der Waals surface area (Å²) in [6.07, 6.45) is 11.0. The van der Waals surface area contributed by atoms with Gasteiger partial charge in [-0.15, -0.1) is 0 Å². The highest BCUT2D eigenvalue weighted by Crippen LogP contribution is 2.36. The topological polar surface area (TPSA) is 41.3 Å².